The third kappa shape index (κ3) is 6.67. The molecule has 1 aromatic rings. The minimum absolute atomic E-state index is 0.329. The summed E-state index contributed by atoms with van der Waals surface area (Å²) in [5.41, 5.74) is 0. The van der Waals surface area contributed by atoms with E-state index < -0.39 is 6.10 Å². The van der Waals surface area contributed by atoms with Crippen LogP contribution >= 0.6 is 22.9 Å². The lowest BCUT2D eigenvalue weighted by Crippen LogP contribution is -2.42. The van der Waals surface area contributed by atoms with Gasteiger partial charge in [-0.15, -0.1) is 11.3 Å². The van der Waals surface area contributed by atoms with Gasteiger partial charge in [0.2, 0.25) is 0 Å². The molecule has 1 saturated heterocycles. The van der Waals surface area contributed by atoms with Crippen LogP contribution in [0.4, 0.5) is 0 Å². The molecule has 3 N–H and O–H groups in total. The van der Waals surface area contributed by atoms with Crippen LogP contribution < -0.4 is 10.6 Å². The number of aliphatic hydroxyl groups excluding tert-OH is 1. The van der Waals surface area contributed by atoms with Crippen molar-refractivity contribution in [3.63, 3.8) is 0 Å². The Hall–Kier alpha value is -0.820. The largest absolute Gasteiger partial charge is 0.386 e. The zero-order valence-electron chi connectivity index (χ0n) is 13.7. The summed E-state index contributed by atoms with van der Waals surface area (Å²) in [6.45, 7) is 7.48. The number of likely N-dealkylation sites (tertiary alicyclic amines) is 1. The van der Waals surface area contributed by atoms with Gasteiger partial charge in [-0.05, 0) is 45.0 Å². The number of nitrogens with one attached hydrogen (secondary N) is 2. The van der Waals surface area contributed by atoms with Crippen molar-refractivity contribution in [2.24, 2.45) is 4.99 Å². The van der Waals surface area contributed by atoms with Crippen molar-refractivity contribution in [2.75, 3.05) is 39.3 Å². The van der Waals surface area contributed by atoms with Crippen LogP contribution in [0.1, 0.15) is 37.2 Å². The number of aliphatic imine (C=N–C) groups is 1. The van der Waals surface area contributed by atoms with Gasteiger partial charge in [-0.1, -0.05) is 18.0 Å². The highest BCUT2D eigenvalue weighted by Crippen LogP contribution is 2.26. The Bertz CT molecular complexity index is 488. The molecule has 0 saturated carbocycles. The smallest absolute Gasteiger partial charge is 0.191 e. The van der Waals surface area contributed by atoms with Gasteiger partial charge in [0, 0.05) is 24.5 Å². The van der Waals surface area contributed by atoms with E-state index in [1.807, 2.05) is 13.0 Å². The monoisotopic (exact) mass is 358 g/mol. The van der Waals surface area contributed by atoms with Gasteiger partial charge in [-0.2, -0.15) is 0 Å². The van der Waals surface area contributed by atoms with E-state index in [9.17, 15) is 5.11 Å². The van der Waals surface area contributed by atoms with Crippen molar-refractivity contribution in [1.82, 2.24) is 15.5 Å². The second-order valence-electron chi connectivity index (χ2n) is 5.71. The Balaban J connectivity index is 1.77. The molecule has 0 amide bonds. The highest BCUT2D eigenvalue weighted by Gasteiger charge is 2.11. The summed E-state index contributed by atoms with van der Waals surface area (Å²) in [7, 11) is 0. The predicted octanol–water partition coefficient (Wildman–Crippen LogP) is 2.48. The van der Waals surface area contributed by atoms with Gasteiger partial charge < -0.3 is 20.6 Å². The molecule has 1 unspecified atom stereocenters. The summed E-state index contributed by atoms with van der Waals surface area (Å²) in [6.07, 6.45) is 3.37. The SMILES string of the molecule is CCNC(=NCC(O)c1ccc(Cl)s1)NCCN1CCCCC1. The number of guanidine groups is 1. The molecule has 1 aliphatic rings. The first-order chi connectivity index (χ1) is 11.2. The Labute approximate surface area is 147 Å². The molecule has 1 aliphatic heterocycles. The fourth-order valence-corrected chi connectivity index (χ4v) is 3.67. The van der Waals surface area contributed by atoms with E-state index in [4.69, 9.17) is 11.6 Å². The van der Waals surface area contributed by atoms with Crippen LogP contribution in [0.5, 0.6) is 0 Å². The second-order valence-corrected chi connectivity index (χ2v) is 7.45. The molecule has 0 bridgehead atoms. The van der Waals surface area contributed by atoms with Crippen LogP contribution in [-0.4, -0.2) is 55.2 Å². The van der Waals surface area contributed by atoms with Gasteiger partial charge in [0.1, 0.15) is 6.10 Å². The first-order valence-corrected chi connectivity index (χ1v) is 9.56. The van der Waals surface area contributed by atoms with Gasteiger partial charge in [-0.3, -0.25) is 4.99 Å². The van der Waals surface area contributed by atoms with Crippen LogP contribution in [0.25, 0.3) is 0 Å². The number of thiophene rings is 1. The van der Waals surface area contributed by atoms with Crippen LogP contribution in [0, 0.1) is 0 Å². The molecule has 2 heterocycles. The molecule has 0 aromatic carbocycles. The molecule has 1 fully saturated rings. The van der Waals surface area contributed by atoms with E-state index in [0.29, 0.717) is 10.9 Å². The molecule has 7 heteroatoms. The molecule has 2 rings (SSSR count). The highest BCUT2D eigenvalue weighted by molar-refractivity contribution is 7.16. The number of halogens is 1. The molecule has 0 radical (unpaired) electrons. The summed E-state index contributed by atoms with van der Waals surface area (Å²) in [5.74, 6) is 0.756. The third-order valence-electron chi connectivity index (χ3n) is 3.86. The average Bonchev–Trinajstić information content (AvgIpc) is 3.00. The molecule has 0 aliphatic carbocycles. The number of hydrogen-bond acceptors (Lipinski definition) is 4. The number of rotatable bonds is 7. The van der Waals surface area contributed by atoms with Crippen LogP contribution in [-0.2, 0) is 0 Å². The molecule has 23 heavy (non-hydrogen) atoms. The normalized spacial score (nSPS) is 18.0. The standard InChI is InChI=1S/C16H27ClN4OS/c1-2-18-16(19-8-11-21-9-4-3-5-10-21)20-12-13(22)14-6-7-15(17)23-14/h6-7,13,22H,2-5,8-12H2,1H3,(H2,18,19,20). The maximum absolute atomic E-state index is 10.2. The first kappa shape index (κ1) is 18.5. The van der Waals surface area contributed by atoms with Crippen molar-refractivity contribution in [3.8, 4) is 0 Å². The fourth-order valence-electron chi connectivity index (χ4n) is 2.63. The Morgan fingerprint density at radius 3 is 2.78 bits per heavy atom. The van der Waals surface area contributed by atoms with Crippen molar-refractivity contribution in [1.29, 1.82) is 0 Å². The lowest BCUT2D eigenvalue weighted by Gasteiger charge is -2.26. The topological polar surface area (TPSA) is 59.9 Å². The predicted molar refractivity (Wildman–Crippen MR) is 98.6 cm³/mol. The van der Waals surface area contributed by atoms with Gasteiger partial charge in [0.25, 0.3) is 0 Å². The number of aliphatic hydroxyl groups is 1. The van der Waals surface area contributed by atoms with Gasteiger partial charge in [-0.25, -0.2) is 0 Å². The van der Waals surface area contributed by atoms with Crippen LogP contribution in [0.3, 0.4) is 0 Å². The minimum Gasteiger partial charge on any atom is -0.386 e. The van der Waals surface area contributed by atoms with E-state index in [1.54, 1.807) is 6.07 Å². The Morgan fingerprint density at radius 2 is 2.13 bits per heavy atom. The molecular formula is C16H27ClN4OS. The highest BCUT2D eigenvalue weighted by atomic mass is 35.5. The van der Waals surface area contributed by atoms with Gasteiger partial charge in [0.15, 0.2) is 5.96 Å². The first-order valence-electron chi connectivity index (χ1n) is 8.37. The maximum Gasteiger partial charge on any atom is 0.191 e. The van der Waals surface area contributed by atoms with Crippen molar-refractivity contribution in [2.45, 2.75) is 32.3 Å². The zero-order chi connectivity index (χ0) is 16.5. The Kier molecular flexibility index (Phi) is 8.16. The quantitative estimate of drug-likeness (QED) is 0.517. The van der Waals surface area contributed by atoms with Gasteiger partial charge in [0.05, 0.1) is 10.9 Å². The second kappa shape index (κ2) is 10.1. The molecular weight excluding hydrogens is 332 g/mol. The maximum atomic E-state index is 10.2. The summed E-state index contributed by atoms with van der Waals surface area (Å²) >= 11 is 7.30. The number of nitrogens with zero attached hydrogens (tertiary/aromatic N) is 2. The number of hydrogen-bond donors (Lipinski definition) is 3. The van der Waals surface area contributed by atoms with Crippen molar-refractivity contribution >= 4 is 28.9 Å². The van der Waals surface area contributed by atoms with E-state index in [2.05, 4.69) is 20.5 Å². The molecule has 5 nitrogen and oxygen atoms in total. The summed E-state index contributed by atoms with van der Waals surface area (Å²) < 4.78 is 0.689. The summed E-state index contributed by atoms with van der Waals surface area (Å²) in [6, 6.07) is 3.65. The summed E-state index contributed by atoms with van der Waals surface area (Å²) in [5, 5.41) is 16.7. The molecule has 1 atom stereocenters. The fraction of sp³-hybridized carbons (Fsp3) is 0.688. The molecule has 0 spiro atoms. The lowest BCUT2D eigenvalue weighted by molar-refractivity contribution is 0.191. The summed E-state index contributed by atoms with van der Waals surface area (Å²) in [4.78, 5) is 7.81. The van der Waals surface area contributed by atoms with Crippen LogP contribution in [0.15, 0.2) is 17.1 Å². The molecule has 130 valence electrons. The lowest BCUT2D eigenvalue weighted by atomic mass is 10.1. The van der Waals surface area contributed by atoms with E-state index in [-0.39, 0.29) is 0 Å². The minimum atomic E-state index is -0.606. The van der Waals surface area contributed by atoms with E-state index >= 15 is 0 Å². The zero-order valence-corrected chi connectivity index (χ0v) is 15.3. The number of piperidine rings is 1. The van der Waals surface area contributed by atoms with Gasteiger partial charge >= 0.3 is 0 Å². The van der Waals surface area contributed by atoms with Crippen molar-refractivity contribution < 1.29 is 5.11 Å². The van der Waals surface area contributed by atoms with E-state index in [0.717, 1.165) is 30.5 Å². The van der Waals surface area contributed by atoms with E-state index in [1.165, 1.54) is 43.7 Å². The van der Waals surface area contributed by atoms with Crippen molar-refractivity contribution in [3.05, 3.63) is 21.3 Å². The molecule has 1 aromatic heterocycles. The Morgan fingerprint density at radius 1 is 1.35 bits per heavy atom. The average molecular weight is 359 g/mol. The third-order valence-corrected chi connectivity index (χ3v) is 5.19. The van der Waals surface area contributed by atoms with Crippen LogP contribution in [0.2, 0.25) is 4.34 Å².